The lowest BCUT2D eigenvalue weighted by Gasteiger charge is -2.12. The first-order valence-electron chi connectivity index (χ1n) is 8.90. The van der Waals surface area contributed by atoms with Gasteiger partial charge in [-0.15, -0.1) is 0 Å². The largest absolute Gasteiger partial charge is 0.488 e. The molecule has 0 fully saturated rings. The van der Waals surface area contributed by atoms with Crippen molar-refractivity contribution in [2.75, 3.05) is 5.32 Å². The zero-order valence-corrected chi connectivity index (χ0v) is 16.3. The van der Waals surface area contributed by atoms with Crippen molar-refractivity contribution in [1.82, 2.24) is 14.9 Å². The summed E-state index contributed by atoms with van der Waals surface area (Å²) in [5.74, 6) is 1.03. The molecule has 2 heterocycles. The van der Waals surface area contributed by atoms with E-state index in [0.717, 1.165) is 29.1 Å². The van der Waals surface area contributed by atoms with Gasteiger partial charge in [0.25, 0.3) is 5.91 Å². The smallest absolute Gasteiger partial charge is 0.278 e. The normalized spacial score (nSPS) is 10.9. The molecule has 1 aromatic carbocycles. The summed E-state index contributed by atoms with van der Waals surface area (Å²) in [7, 11) is 0. The molecule has 0 unspecified atom stereocenters. The van der Waals surface area contributed by atoms with Crippen LogP contribution in [-0.4, -0.2) is 20.8 Å². The van der Waals surface area contributed by atoms with Crippen molar-refractivity contribution in [2.24, 2.45) is 0 Å². The lowest BCUT2D eigenvalue weighted by atomic mass is 10.1. The quantitative estimate of drug-likeness (QED) is 0.712. The first kappa shape index (κ1) is 18.7. The van der Waals surface area contributed by atoms with Crippen LogP contribution in [0.15, 0.2) is 28.9 Å². The van der Waals surface area contributed by atoms with Crippen LogP contribution in [-0.2, 0) is 13.2 Å². The summed E-state index contributed by atoms with van der Waals surface area (Å²) in [5.41, 5.74) is 4.48. The molecule has 3 aromatic rings. The Labute approximate surface area is 158 Å². The Kier molecular flexibility index (Phi) is 5.30. The summed E-state index contributed by atoms with van der Waals surface area (Å²) >= 11 is 0. The fraction of sp³-hybridized carbons (Fsp3) is 0.350. The van der Waals surface area contributed by atoms with Crippen LogP contribution in [0.5, 0.6) is 5.75 Å². The Bertz CT molecular complexity index is 952. The number of amides is 1. The number of anilines is 1. The second-order valence-electron chi connectivity index (χ2n) is 6.49. The van der Waals surface area contributed by atoms with Crippen molar-refractivity contribution >= 4 is 11.6 Å². The van der Waals surface area contributed by atoms with Crippen LogP contribution in [0.4, 0.5) is 5.69 Å². The minimum Gasteiger partial charge on any atom is -0.488 e. The van der Waals surface area contributed by atoms with Gasteiger partial charge in [-0.2, -0.15) is 5.10 Å². The highest BCUT2D eigenvalue weighted by Crippen LogP contribution is 2.25. The molecule has 142 valence electrons. The molecule has 7 nitrogen and oxygen atoms in total. The number of hydrogen-bond donors (Lipinski definition) is 1. The molecule has 0 radical (unpaired) electrons. The third-order valence-corrected chi connectivity index (χ3v) is 4.62. The highest BCUT2D eigenvalue weighted by Gasteiger charge is 2.22. The molecular formula is C20H24N4O3. The molecule has 0 aliphatic rings. The molecule has 0 spiro atoms. The molecule has 27 heavy (non-hydrogen) atoms. The number of nitrogens with one attached hydrogen (secondary N) is 1. The maximum atomic E-state index is 12.7. The van der Waals surface area contributed by atoms with Gasteiger partial charge in [0, 0.05) is 6.54 Å². The number of carbonyl (C=O) groups is 1. The van der Waals surface area contributed by atoms with Crippen LogP contribution in [0.25, 0.3) is 0 Å². The summed E-state index contributed by atoms with van der Waals surface area (Å²) in [6.45, 7) is 10.6. The predicted molar refractivity (Wildman–Crippen MR) is 102 cm³/mol. The molecule has 0 saturated heterocycles. The van der Waals surface area contributed by atoms with Gasteiger partial charge in [-0.25, -0.2) is 0 Å². The Hall–Kier alpha value is -3.09. The van der Waals surface area contributed by atoms with Gasteiger partial charge < -0.3 is 14.6 Å². The molecule has 0 atom stereocenters. The van der Waals surface area contributed by atoms with Crippen molar-refractivity contribution in [2.45, 2.75) is 47.8 Å². The third kappa shape index (κ3) is 3.72. The van der Waals surface area contributed by atoms with E-state index < -0.39 is 0 Å². The lowest BCUT2D eigenvalue weighted by molar-refractivity contribution is 0.101. The number of carbonyl (C=O) groups excluding carboxylic acids is 1. The van der Waals surface area contributed by atoms with E-state index in [1.807, 2.05) is 50.6 Å². The number of aromatic nitrogens is 3. The maximum absolute atomic E-state index is 12.7. The molecule has 1 N–H and O–H groups in total. The third-order valence-electron chi connectivity index (χ3n) is 4.62. The molecular weight excluding hydrogens is 344 g/mol. The average Bonchev–Trinajstić information content (AvgIpc) is 3.17. The van der Waals surface area contributed by atoms with Gasteiger partial charge in [-0.1, -0.05) is 23.4 Å². The fourth-order valence-electron chi connectivity index (χ4n) is 2.98. The van der Waals surface area contributed by atoms with E-state index in [1.54, 1.807) is 13.1 Å². The minimum atomic E-state index is -0.342. The molecule has 2 aromatic heterocycles. The topological polar surface area (TPSA) is 82.2 Å². The number of nitrogens with zero attached hydrogens (tertiary/aromatic N) is 3. The maximum Gasteiger partial charge on any atom is 0.278 e. The van der Waals surface area contributed by atoms with E-state index in [4.69, 9.17) is 9.26 Å². The monoisotopic (exact) mass is 368 g/mol. The number of aryl methyl sites for hydroxylation is 4. The fourth-order valence-corrected chi connectivity index (χ4v) is 2.98. The van der Waals surface area contributed by atoms with Crippen molar-refractivity contribution < 1.29 is 14.1 Å². The number of benzene rings is 1. The molecule has 0 aliphatic carbocycles. The predicted octanol–water partition coefficient (Wildman–Crippen LogP) is 3.96. The zero-order valence-electron chi connectivity index (χ0n) is 16.3. The second-order valence-corrected chi connectivity index (χ2v) is 6.49. The van der Waals surface area contributed by atoms with Gasteiger partial charge in [0.05, 0.1) is 23.1 Å². The number of para-hydroxylation sites is 1. The number of hydrogen-bond acceptors (Lipinski definition) is 5. The molecule has 7 heteroatoms. The average molecular weight is 368 g/mol. The Morgan fingerprint density at radius 1 is 1.22 bits per heavy atom. The van der Waals surface area contributed by atoms with E-state index >= 15 is 0 Å². The van der Waals surface area contributed by atoms with Gasteiger partial charge in [0.2, 0.25) is 0 Å². The van der Waals surface area contributed by atoms with Gasteiger partial charge >= 0.3 is 0 Å². The van der Waals surface area contributed by atoms with Gasteiger partial charge in [-0.05, 0) is 45.7 Å². The summed E-state index contributed by atoms with van der Waals surface area (Å²) in [4.78, 5) is 12.7. The van der Waals surface area contributed by atoms with Crippen molar-refractivity contribution in [3.63, 3.8) is 0 Å². The standard InChI is InChI=1S/C20H24N4O3/c1-6-24-14(4)17(10-21-24)22-20(25)18-16(15(5)27-23-18)11-26-19-12(2)8-7-9-13(19)3/h7-10H,6,11H2,1-5H3,(H,22,25). The minimum absolute atomic E-state index is 0.205. The van der Waals surface area contributed by atoms with E-state index in [0.29, 0.717) is 17.0 Å². The van der Waals surface area contributed by atoms with Crippen molar-refractivity contribution in [3.05, 3.63) is 58.2 Å². The molecule has 3 rings (SSSR count). The lowest BCUT2D eigenvalue weighted by Crippen LogP contribution is -2.16. The Balaban J connectivity index is 1.79. The second kappa shape index (κ2) is 7.65. The van der Waals surface area contributed by atoms with E-state index in [9.17, 15) is 4.79 Å². The SMILES string of the molecule is CCn1ncc(NC(=O)c2noc(C)c2COc2c(C)cccc2C)c1C. The highest BCUT2D eigenvalue weighted by molar-refractivity contribution is 6.04. The first-order chi connectivity index (χ1) is 12.9. The van der Waals surface area contributed by atoms with Crippen molar-refractivity contribution in [3.8, 4) is 5.75 Å². The summed E-state index contributed by atoms with van der Waals surface area (Å²) in [6.07, 6.45) is 1.64. The number of ether oxygens (including phenoxy) is 1. The summed E-state index contributed by atoms with van der Waals surface area (Å²) < 4.78 is 13.0. The van der Waals surface area contributed by atoms with Gasteiger partial charge in [0.15, 0.2) is 5.69 Å². The van der Waals surface area contributed by atoms with Gasteiger partial charge in [0.1, 0.15) is 18.1 Å². The van der Waals surface area contributed by atoms with Crippen LogP contribution in [0.2, 0.25) is 0 Å². The first-order valence-corrected chi connectivity index (χ1v) is 8.90. The van der Waals surface area contributed by atoms with E-state index in [-0.39, 0.29) is 18.2 Å². The van der Waals surface area contributed by atoms with Gasteiger partial charge in [-0.3, -0.25) is 9.48 Å². The van der Waals surface area contributed by atoms with Crippen LogP contribution in [0, 0.1) is 27.7 Å². The van der Waals surface area contributed by atoms with Crippen LogP contribution >= 0.6 is 0 Å². The van der Waals surface area contributed by atoms with E-state index in [2.05, 4.69) is 15.6 Å². The molecule has 0 bridgehead atoms. The van der Waals surface area contributed by atoms with Crippen LogP contribution < -0.4 is 10.1 Å². The molecule has 0 saturated carbocycles. The Morgan fingerprint density at radius 2 is 1.93 bits per heavy atom. The highest BCUT2D eigenvalue weighted by atomic mass is 16.5. The molecule has 0 aliphatic heterocycles. The van der Waals surface area contributed by atoms with Crippen molar-refractivity contribution in [1.29, 1.82) is 0 Å². The number of rotatable bonds is 6. The van der Waals surface area contributed by atoms with Crippen LogP contribution in [0.3, 0.4) is 0 Å². The Morgan fingerprint density at radius 3 is 2.56 bits per heavy atom. The molecule has 1 amide bonds. The van der Waals surface area contributed by atoms with E-state index in [1.165, 1.54) is 0 Å². The zero-order chi connectivity index (χ0) is 19.6. The summed E-state index contributed by atoms with van der Waals surface area (Å²) in [6, 6.07) is 5.97. The van der Waals surface area contributed by atoms with Crippen LogP contribution in [0.1, 0.15) is 45.6 Å². The summed E-state index contributed by atoms with van der Waals surface area (Å²) in [5, 5.41) is 11.0.